The number of nitrogens with two attached hydrogens (primary N) is 1. The van der Waals surface area contributed by atoms with E-state index in [1.165, 1.54) is 17.2 Å². The van der Waals surface area contributed by atoms with Gasteiger partial charge in [0.25, 0.3) is 0 Å². The van der Waals surface area contributed by atoms with Gasteiger partial charge < -0.3 is 11.1 Å². The Balaban J connectivity index is 1.81. The van der Waals surface area contributed by atoms with Crippen LogP contribution in [0.1, 0.15) is 23.1 Å². The molecule has 4 heteroatoms. The molecule has 0 aliphatic rings. The Morgan fingerprint density at radius 1 is 1.14 bits per heavy atom. The Labute approximate surface area is 131 Å². The number of nitrogens with zero attached hydrogens (tertiary/aromatic N) is 1. The van der Waals surface area contributed by atoms with Crippen molar-refractivity contribution in [3.05, 3.63) is 65.0 Å². The van der Waals surface area contributed by atoms with Crippen LogP contribution in [0.15, 0.2) is 47.5 Å². The topological polar surface area (TPSA) is 50.4 Å². The number of rotatable bonds is 5. The van der Waals surface area contributed by atoms with E-state index in [1.807, 2.05) is 18.2 Å². The van der Waals surface area contributed by atoms with Crippen molar-refractivity contribution in [2.75, 3.05) is 11.9 Å². The third-order valence-electron chi connectivity index (χ3n) is 3.57. The van der Waals surface area contributed by atoms with Gasteiger partial charge in [-0.05, 0) is 67.6 Å². The van der Waals surface area contributed by atoms with Crippen molar-refractivity contribution in [3.8, 4) is 0 Å². The van der Waals surface area contributed by atoms with E-state index in [9.17, 15) is 4.39 Å². The van der Waals surface area contributed by atoms with Crippen LogP contribution in [0, 0.1) is 19.7 Å². The summed E-state index contributed by atoms with van der Waals surface area (Å²) in [7, 11) is 0. The second-order valence-corrected chi connectivity index (χ2v) is 5.42. The fraction of sp³-hybridized carbons (Fsp3) is 0.278. The standard InChI is InChI=1S/C18H22FN3/c1-13-8-9-17(11-14(13)2)22-18(20)21-10-4-6-15-5-3-7-16(19)12-15/h3,5,7-9,11-12H,4,6,10H2,1-2H3,(H3,20,21,22). The molecule has 0 radical (unpaired) electrons. The lowest BCUT2D eigenvalue weighted by molar-refractivity contribution is 0.624. The van der Waals surface area contributed by atoms with Gasteiger partial charge in [-0.2, -0.15) is 0 Å². The molecule has 0 heterocycles. The van der Waals surface area contributed by atoms with E-state index in [0.29, 0.717) is 12.5 Å². The molecule has 0 bridgehead atoms. The summed E-state index contributed by atoms with van der Waals surface area (Å²) in [5.41, 5.74) is 10.3. The minimum Gasteiger partial charge on any atom is -0.370 e. The highest BCUT2D eigenvalue weighted by molar-refractivity contribution is 5.92. The van der Waals surface area contributed by atoms with Crippen molar-refractivity contribution in [1.82, 2.24) is 0 Å². The average Bonchev–Trinajstić information content (AvgIpc) is 2.48. The Morgan fingerprint density at radius 2 is 1.95 bits per heavy atom. The number of guanidine groups is 1. The summed E-state index contributed by atoms with van der Waals surface area (Å²) in [5, 5.41) is 3.09. The highest BCUT2D eigenvalue weighted by Crippen LogP contribution is 2.13. The second kappa shape index (κ2) is 7.59. The van der Waals surface area contributed by atoms with Gasteiger partial charge in [0.05, 0.1) is 0 Å². The number of nitrogens with one attached hydrogen (secondary N) is 1. The minimum atomic E-state index is -0.197. The Kier molecular flexibility index (Phi) is 5.53. The lowest BCUT2D eigenvalue weighted by Crippen LogP contribution is -2.23. The number of halogens is 1. The molecule has 0 aliphatic heterocycles. The molecule has 0 spiro atoms. The minimum absolute atomic E-state index is 0.197. The first-order chi connectivity index (χ1) is 10.5. The quantitative estimate of drug-likeness (QED) is 0.501. The van der Waals surface area contributed by atoms with E-state index in [0.717, 1.165) is 24.1 Å². The summed E-state index contributed by atoms with van der Waals surface area (Å²) in [6, 6.07) is 12.7. The average molecular weight is 299 g/mol. The van der Waals surface area contributed by atoms with Gasteiger partial charge in [-0.3, -0.25) is 4.99 Å². The monoisotopic (exact) mass is 299 g/mol. The fourth-order valence-electron chi connectivity index (χ4n) is 2.18. The molecule has 2 aromatic carbocycles. The molecule has 0 unspecified atom stereocenters. The van der Waals surface area contributed by atoms with Crippen LogP contribution in [0.25, 0.3) is 0 Å². The molecule has 0 atom stereocenters. The van der Waals surface area contributed by atoms with Crippen LogP contribution >= 0.6 is 0 Å². The van der Waals surface area contributed by atoms with Crippen molar-refractivity contribution in [1.29, 1.82) is 0 Å². The summed E-state index contributed by atoms with van der Waals surface area (Å²) in [4.78, 5) is 4.30. The molecule has 0 saturated heterocycles. The maximum atomic E-state index is 13.1. The maximum absolute atomic E-state index is 13.1. The lowest BCUT2D eigenvalue weighted by atomic mass is 10.1. The number of hydrogen-bond donors (Lipinski definition) is 2. The number of aryl methyl sites for hydroxylation is 3. The van der Waals surface area contributed by atoms with Gasteiger partial charge in [-0.25, -0.2) is 4.39 Å². The molecule has 116 valence electrons. The Hall–Kier alpha value is -2.36. The zero-order chi connectivity index (χ0) is 15.9. The van der Waals surface area contributed by atoms with Gasteiger partial charge >= 0.3 is 0 Å². The van der Waals surface area contributed by atoms with Crippen molar-refractivity contribution in [3.63, 3.8) is 0 Å². The molecule has 2 rings (SSSR count). The normalized spacial score (nSPS) is 11.5. The summed E-state index contributed by atoms with van der Waals surface area (Å²) in [6.07, 6.45) is 1.62. The van der Waals surface area contributed by atoms with E-state index < -0.39 is 0 Å². The molecular weight excluding hydrogens is 277 g/mol. The molecule has 0 saturated carbocycles. The van der Waals surface area contributed by atoms with Crippen LogP contribution < -0.4 is 11.1 Å². The molecule has 3 N–H and O–H groups in total. The van der Waals surface area contributed by atoms with Gasteiger partial charge in [-0.1, -0.05) is 18.2 Å². The highest BCUT2D eigenvalue weighted by Gasteiger charge is 1.99. The fourth-order valence-corrected chi connectivity index (χ4v) is 2.18. The molecule has 22 heavy (non-hydrogen) atoms. The van der Waals surface area contributed by atoms with Gasteiger partial charge in [0.15, 0.2) is 5.96 Å². The molecule has 3 nitrogen and oxygen atoms in total. The van der Waals surface area contributed by atoms with Crippen LogP contribution in [0.3, 0.4) is 0 Å². The van der Waals surface area contributed by atoms with E-state index in [-0.39, 0.29) is 5.82 Å². The van der Waals surface area contributed by atoms with Gasteiger partial charge in [0.2, 0.25) is 0 Å². The second-order valence-electron chi connectivity index (χ2n) is 5.42. The van der Waals surface area contributed by atoms with Crippen LogP contribution in [0.5, 0.6) is 0 Å². The number of aliphatic imine (C=N–C) groups is 1. The van der Waals surface area contributed by atoms with E-state index in [2.05, 4.69) is 30.2 Å². The van der Waals surface area contributed by atoms with Crippen molar-refractivity contribution in [2.24, 2.45) is 10.7 Å². The Morgan fingerprint density at radius 3 is 2.68 bits per heavy atom. The van der Waals surface area contributed by atoms with E-state index in [1.54, 1.807) is 12.1 Å². The molecule has 0 fully saturated rings. The van der Waals surface area contributed by atoms with Crippen LogP contribution in [-0.2, 0) is 6.42 Å². The summed E-state index contributed by atoms with van der Waals surface area (Å²) in [5.74, 6) is 0.208. The first-order valence-corrected chi connectivity index (χ1v) is 7.43. The summed E-state index contributed by atoms with van der Waals surface area (Å²) in [6.45, 7) is 4.75. The highest BCUT2D eigenvalue weighted by atomic mass is 19.1. The summed E-state index contributed by atoms with van der Waals surface area (Å²) < 4.78 is 13.1. The SMILES string of the molecule is Cc1ccc(NC(N)=NCCCc2cccc(F)c2)cc1C. The predicted octanol–water partition coefficient (Wildman–Crippen LogP) is 3.80. The van der Waals surface area contributed by atoms with Crippen LogP contribution in [0.4, 0.5) is 10.1 Å². The molecule has 0 aliphatic carbocycles. The van der Waals surface area contributed by atoms with Crippen molar-refractivity contribution < 1.29 is 4.39 Å². The molecule has 2 aromatic rings. The van der Waals surface area contributed by atoms with Crippen molar-refractivity contribution >= 4 is 11.6 Å². The predicted molar refractivity (Wildman–Crippen MR) is 90.7 cm³/mol. The third-order valence-corrected chi connectivity index (χ3v) is 3.57. The zero-order valence-electron chi connectivity index (χ0n) is 13.1. The lowest BCUT2D eigenvalue weighted by Gasteiger charge is -2.08. The molecule has 0 amide bonds. The molecular formula is C18H22FN3. The molecule has 0 aromatic heterocycles. The van der Waals surface area contributed by atoms with Gasteiger partial charge in [0.1, 0.15) is 5.82 Å². The number of benzene rings is 2. The smallest absolute Gasteiger partial charge is 0.193 e. The van der Waals surface area contributed by atoms with E-state index >= 15 is 0 Å². The number of hydrogen-bond acceptors (Lipinski definition) is 1. The first kappa shape index (κ1) is 16.0. The number of anilines is 1. The van der Waals surface area contributed by atoms with Crippen molar-refractivity contribution in [2.45, 2.75) is 26.7 Å². The van der Waals surface area contributed by atoms with Crippen LogP contribution in [0.2, 0.25) is 0 Å². The van der Waals surface area contributed by atoms with E-state index in [4.69, 9.17) is 5.73 Å². The zero-order valence-corrected chi connectivity index (χ0v) is 13.1. The van der Waals surface area contributed by atoms with Gasteiger partial charge in [0, 0.05) is 12.2 Å². The maximum Gasteiger partial charge on any atom is 0.193 e. The third kappa shape index (κ3) is 4.88. The van der Waals surface area contributed by atoms with Crippen LogP contribution in [-0.4, -0.2) is 12.5 Å². The first-order valence-electron chi connectivity index (χ1n) is 7.43. The van der Waals surface area contributed by atoms with Gasteiger partial charge in [-0.15, -0.1) is 0 Å². The summed E-state index contributed by atoms with van der Waals surface area (Å²) >= 11 is 0. The largest absolute Gasteiger partial charge is 0.370 e. The Bertz CT molecular complexity index is 665.